The van der Waals surface area contributed by atoms with Crippen LogP contribution in [0.1, 0.15) is 18.4 Å². The average Bonchev–Trinajstić information content (AvgIpc) is 2.69. The van der Waals surface area contributed by atoms with Gasteiger partial charge in [0.2, 0.25) is 20.0 Å². The highest BCUT2D eigenvalue weighted by Crippen LogP contribution is 2.25. The van der Waals surface area contributed by atoms with E-state index in [2.05, 4.69) is 4.72 Å². The van der Waals surface area contributed by atoms with Crippen LogP contribution in [-0.4, -0.2) is 40.3 Å². The Morgan fingerprint density at radius 1 is 1.00 bits per heavy atom. The van der Waals surface area contributed by atoms with Gasteiger partial charge in [0.25, 0.3) is 0 Å². The fourth-order valence-corrected chi connectivity index (χ4v) is 5.98. The maximum atomic E-state index is 12.8. The molecule has 0 spiro atoms. The summed E-state index contributed by atoms with van der Waals surface area (Å²) in [5.41, 5.74) is 0.0910. The molecule has 0 aromatic heterocycles. The Hall–Kier alpha value is -1.96. The van der Waals surface area contributed by atoms with Gasteiger partial charge in [-0.3, -0.25) is 0 Å². The van der Waals surface area contributed by atoms with E-state index < -0.39 is 20.0 Å². The predicted octanol–water partition coefficient (Wildman–Crippen LogP) is 2.34. The van der Waals surface area contributed by atoms with Crippen LogP contribution in [0, 0.1) is 11.3 Å². The summed E-state index contributed by atoms with van der Waals surface area (Å²) in [6, 6.07) is 13.6. The lowest BCUT2D eigenvalue weighted by atomic mass is 10.1. The van der Waals surface area contributed by atoms with Crippen LogP contribution in [-0.2, 0) is 20.0 Å². The highest BCUT2D eigenvalue weighted by atomic mass is 35.5. The van der Waals surface area contributed by atoms with Crippen molar-refractivity contribution in [2.75, 3.05) is 13.1 Å². The standard InChI is InChI=1S/C18H18ClN3O4S2/c19-18-7-6-17(12-14(18)13-20)28(25,26)22-10-8-15(9-11-22)21-27(23,24)16-4-2-1-3-5-16/h1-7,12,15,21H,8-11H2. The molecular weight excluding hydrogens is 422 g/mol. The third kappa shape index (κ3) is 4.37. The van der Waals surface area contributed by atoms with Crippen LogP contribution in [0.3, 0.4) is 0 Å². The molecule has 1 aliphatic rings. The Morgan fingerprint density at radius 2 is 1.64 bits per heavy atom. The summed E-state index contributed by atoms with van der Waals surface area (Å²) < 4.78 is 54.4. The Morgan fingerprint density at radius 3 is 2.25 bits per heavy atom. The first kappa shape index (κ1) is 20.8. The molecule has 0 unspecified atom stereocenters. The van der Waals surface area contributed by atoms with Crippen LogP contribution in [0.5, 0.6) is 0 Å². The lowest BCUT2D eigenvalue weighted by molar-refractivity contribution is 0.308. The lowest BCUT2D eigenvalue weighted by Gasteiger charge is -2.31. The molecule has 0 amide bonds. The topological polar surface area (TPSA) is 107 Å². The normalized spacial score (nSPS) is 16.6. The molecule has 0 saturated carbocycles. The quantitative estimate of drug-likeness (QED) is 0.769. The Labute approximate surface area is 169 Å². The first-order chi connectivity index (χ1) is 13.2. The van der Waals surface area contributed by atoms with E-state index in [0.29, 0.717) is 12.8 Å². The second-order valence-electron chi connectivity index (χ2n) is 6.37. The summed E-state index contributed by atoms with van der Waals surface area (Å²) in [5.74, 6) is 0. The fourth-order valence-electron chi connectivity index (χ4n) is 3.00. The van der Waals surface area contributed by atoms with Crippen molar-refractivity contribution in [3.05, 3.63) is 59.1 Å². The second-order valence-corrected chi connectivity index (χ2v) is 10.4. The number of nitrogens with zero attached hydrogens (tertiary/aromatic N) is 2. The Bertz CT molecular complexity index is 1110. The number of nitriles is 1. The molecule has 0 radical (unpaired) electrons. The SMILES string of the molecule is N#Cc1cc(S(=O)(=O)N2CCC(NS(=O)(=O)c3ccccc3)CC2)ccc1Cl. The van der Waals surface area contributed by atoms with Crippen molar-refractivity contribution in [3.63, 3.8) is 0 Å². The van der Waals surface area contributed by atoms with Crippen LogP contribution in [0.2, 0.25) is 5.02 Å². The number of sulfonamides is 2. The van der Waals surface area contributed by atoms with Crippen molar-refractivity contribution in [1.82, 2.24) is 9.03 Å². The summed E-state index contributed by atoms with van der Waals surface area (Å²) in [5, 5.41) is 9.24. The van der Waals surface area contributed by atoms with Gasteiger partial charge in [-0.1, -0.05) is 29.8 Å². The highest BCUT2D eigenvalue weighted by Gasteiger charge is 2.31. The maximum absolute atomic E-state index is 12.8. The zero-order valence-corrected chi connectivity index (χ0v) is 17.1. The van der Waals surface area contributed by atoms with Crippen molar-refractivity contribution >= 4 is 31.6 Å². The van der Waals surface area contributed by atoms with Gasteiger partial charge in [0.1, 0.15) is 6.07 Å². The Kier molecular flexibility index (Phi) is 6.07. The second kappa shape index (κ2) is 8.19. The molecule has 148 valence electrons. The number of benzene rings is 2. The third-order valence-electron chi connectivity index (χ3n) is 4.53. The minimum Gasteiger partial charge on any atom is -0.208 e. The van der Waals surface area contributed by atoms with Gasteiger partial charge >= 0.3 is 0 Å². The van der Waals surface area contributed by atoms with Gasteiger partial charge in [-0.25, -0.2) is 21.6 Å². The number of nitrogens with one attached hydrogen (secondary N) is 1. The molecule has 7 nitrogen and oxygen atoms in total. The van der Waals surface area contributed by atoms with E-state index in [1.54, 1.807) is 18.2 Å². The van der Waals surface area contributed by atoms with Crippen molar-refractivity contribution in [2.45, 2.75) is 28.7 Å². The molecule has 0 atom stereocenters. The largest absolute Gasteiger partial charge is 0.243 e. The first-order valence-electron chi connectivity index (χ1n) is 8.51. The summed E-state index contributed by atoms with van der Waals surface area (Å²) in [6.07, 6.45) is 0.702. The van der Waals surface area contributed by atoms with Gasteiger partial charge in [0, 0.05) is 19.1 Å². The molecule has 1 saturated heterocycles. The molecule has 0 aliphatic carbocycles. The number of halogens is 1. The molecule has 1 fully saturated rings. The van der Waals surface area contributed by atoms with Crippen molar-refractivity contribution in [1.29, 1.82) is 5.26 Å². The van der Waals surface area contributed by atoms with Gasteiger partial charge in [-0.15, -0.1) is 0 Å². The molecule has 1 heterocycles. The summed E-state index contributed by atoms with van der Waals surface area (Å²) >= 11 is 5.87. The number of rotatable bonds is 5. The summed E-state index contributed by atoms with van der Waals surface area (Å²) in [4.78, 5) is 0.173. The third-order valence-corrected chi connectivity index (χ3v) is 8.29. The van der Waals surface area contributed by atoms with Crippen LogP contribution in [0.4, 0.5) is 0 Å². The van der Waals surface area contributed by atoms with Crippen LogP contribution >= 0.6 is 11.6 Å². The zero-order valence-electron chi connectivity index (χ0n) is 14.7. The molecule has 1 N–H and O–H groups in total. The van der Waals surface area contributed by atoms with Crippen LogP contribution in [0.25, 0.3) is 0 Å². The lowest BCUT2D eigenvalue weighted by Crippen LogP contribution is -2.46. The average molecular weight is 440 g/mol. The van der Waals surface area contributed by atoms with Crippen molar-refractivity contribution in [3.8, 4) is 6.07 Å². The van der Waals surface area contributed by atoms with Gasteiger partial charge in [-0.2, -0.15) is 9.57 Å². The van der Waals surface area contributed by atoms with E-state index in [-0.39, 0.29) is 39.5 Å². The van der Waals surface area contributed by atoms with E-state index >= 15 is 0 Å². The van der Waals surface area contributed by atoms with Crippen LogP contribution in [0.15, 0.2) is 58.3 Å². The van der Waals surface area contributed by atoms with Gasteiger partial charge < -0.3 is 0 Å². The molecule has 10 heteroatoms. The first-order valence-corrected chi connectivity index (χ1v) is 11.8. The van der Waals surface area contributed by atoms with E-state index in [4.69, 9.17) is 16.9 Å². The number of hydrogen-bond donors (Lipinski definition) is 1. The predicted molar refractivity (Wildman–Crippen MR) is 105 cm³/mol. The molecule has 1 aliphatic heterocycles. The molecule has 2 aromatic rings. The van der Waals surface area contributed by atoms with E-state index in [1.807, 2.05) is 6.07 Å². The van der Waals surface area contributed by atoms with Gasteiger partial charge in [0.15, 0.2) is 0 Å². The van der Waals surface area contributed by atoms with Crippen molar-refractivity contribution < 1.29 is 16.8 Å². The van der Waals surface area contributed by atoms with Crippen molar-refractivity contribution in [2.24, 2.45) is 0 Å². The molecule has 0 bridgehead atoms. The number of piperidine rings is 1. The molecule has 2 aromatic carbocycles. The summed E-state index contributed by atoms with van der Waals surface area (Å²) in [7, 11) is -7.43. The minimum atomic E-state index is -3.78. The number of hydrogen-bond acceptors (Lipinski definition) is 5. The molecular formula is C18H18ClN3O4S2. The highest BCUT2D eigenvalue weighted by molar-refractivity contribution is 7.89. The van der Waals surface area contributed by atoms with E-state index in [0.717, 1.165) is 0 Å². The maximum Gasteiger partial charge on any atom is 0.243 e. The summed E-state index contributed by atoms with van der Waals surface area (Å²) in [6.45, 7) is 0.351. The fraction of sp³-hybridized carbons (Fsp3) is 0.278. The van der Waals surface area contributed by atoms with E-state index in [1.165, 1.54) is 34.6 Å². The van der Waals surface area contributed by atoms with Gasteiger partial charge in [0.05, 0.1) is 20.4 Å². The van der Waals surface area contributed by atoms with Gasteiger partial charge in [-0.05, 0) is 43.2 Å². The van der Waals surface area contributed by atoms with E-state index in [9.17, 15) is 16.8 Å². The smallest absolute Gasteiger partial charge is 0.208 e. The molecule has 28 heavy (non-hydrogen) atoms. The molecule has 3 rings (SSSR count). The Balaban J connectivity index is 1.69. The van der Waals surface area contributed by atoms with Crippen LogP contribution < -0.4 is 4.72 Å². The minimum absolute atomic E-state index is 0.00299. The monoisotopic (exact) mass is 439 g/mol. The zero-order chi connectivity index (χ0) is 20.4.